The van der Waals surface area contributed by atoms with E-state index in [1.807, 2.05) is 25.1 Å². The van der Waals surface area contributed by atoms with Gasteiger partial charge in [-0.05, 0) is 48.8 Å². The van der Waals surface area contributed by atoms with E-state index in [0.29, 0.717) is 5.56 Å². The predicted molar refractivity (Wildman–Crippen MR) is 132 cm³/mol. The quantitative estimate of drug-likeness (QED) is 0.419. The Morgan fingerprint density at radius 2 is 1.88 bits per heavy atom. The lowest BCUT2D eigenvalue weighted by Gasteiger charge is -2.36. The number of nitrogens with one attached hydrogen (secondary N) is 2. The van der Waals surface area contributed by atoms with Gasteiger partial charge in [-0.2, -0.15) is 0 Å². The van der Waals surface area contributed by atoms with E-state index in [0.717, 1.165) is 60.5 Å². The van der Waals surface area contributed by atoms with Crippen LogP contribution in [0.5, 0.6) is 0 Å². The monoisotopic (exact) mass is 426 g/mol. The molecular formula is C27H30N4O. The number of fused-ring (bicyclic) bond motifs is 1. The molecule has 0 saturated carbocycles. The van der Waals surface area contributed by atoms with Crippen molar-refractivity contribution in [1.29, 1.82) is 0 Å². The van der Waals surface area contributed by atoms with Gasteiger partial charge in [-0.25, -0.2) is 4.98 Å². The van der Waals surface area contributed by atoms with Gasteiger partial charge in [0.2, 0.25) is 0 Å². The van der Waals surface area contributed by atoms with Crippen molar-refractivity contribution in [3.8, 4) is 0 Å². The van der Waals surface area contributed by atoms with Crippen molar-refractivity contribution in [2.45, 2.75) is 19.9 Å². The number of carbonyl (C=O) groups excluding carboxylic acids is 1. The van der Waals surface area contributed by atoms with Gasteiger partial charge in [0.15, 0.2) is 0 Å². The molecule has 3 aromatic rings. The van der Waals surface area contributed by atoms with Gasteiger partial charge in [-0.1, -0.05) is 54.6 Å². The molecule has 1 fully saturated rings. The molecule has 1 saturated heterocycles. The summed E-state index contributed by atoms with van der Waals surface area (Å²) in [6, 6.07) is 14.4. The predicted octanol–water partition coefficient (Wildman–Crippen LogP) is 4.85. The van der Waals surface area contributed by atoms with Crippen molar-refractivity contribution >= 4 is 22.9 Å². The van der Waals surface area contributed by atoms with Gasteiger partial charge < -0.3 is 10.3 Å². The fourth-order valence-corrected chi connectivity index (χ4v) is 4.16. The second-order valence-corrected chi connectivity index (χ2v) is 8.30. The van der Waals surface area contributed by atoms with Crippen LogP contribution in [0.2, 0.25) is 0 Å². The molecule has 0 aliphatic carbocycles. The number of rotatable bonds is 7. The van der Waals surface area contributed by atoms with Crippen LogP contribution in [0.4, 0.5) is 0 Å². The van der Waals surface area contributed by atoms with Gasteiger partial charge in [0, 0.05) is 31.7 Å². The van der Waals surface area contributed by atoms with Crippen LogP contribution < -0.4 is 5.32 Å². The summed E-state index contributed by atoms with van der Waals surface area (Å²) in [4.78, 5) is 21.6. The first-order valence-corrected chi connectivity index (χ1v) is 11.1. The molecule has 1 unspecified atom stereocenters. The number of nitrogens with zero attached hydrogens (tertiary/aromatic N) is 2. The van der Waals surface area contributed by atoms with Crippen molar-refractivity contribution in [3.63, 3.8) is 0 Å². The summed E-state index contributed by atoms with van der Waals surface area (Å²) in [5.74, 6) is 0.803. The highest BCUT2D eigenvalue weighted by molar-refractivity contribution is 5.86. The number of aldehydes is 1. The van der Waals surface area contributed by atoms with Crippen LogP contribution in [0.25, 0.3) is 16.6 Å². The summed E-state index contributed by atoms with van der Waals surface area (Å²) in [6.07, 6.45) is 7.06. The Balaban J connectivity index is 1.67. The van der Waals surface area contributed by atoms with Crippen LogP contribution in [-0.2, 0) is 0 Å². The van der Waals surface area contributed by atoms with Crippen LogP contribution in [0, 0.1) is 6.92 Å². The summed E-state index contributed by atoms with van der Waals surface area (Å²) in [5.41, 5.74) is 7.08. The number of carbonyl (C=O) groups is 1. The van der Waals surface area contributed by atoms with Crippen LogP contribution in [0.1, 0.15) is 40.3 Å². The minimum absolute atomic E-state index is 0.157. The third kappa shape index (κ3) is 4.79. The highest BCUT2D eigenvalue weighted by atomic mass is 16.1. The Kier molecular flexibility index (Phi) is 6.78. The molecule has 0 spiro atoms. The van der Waals surface area contributed by atoms with Gasteiger partial charge in [0.05, 0.1) is 17.1 Å². The van der Waals surface area contributed by atoms with Crippen molar-refractivity contribution in [1.82, 2.24) is 20.2 Å². The van der Waals surface area contributed by atoms with E-state index in [2.05, 4.69) is 70.1 Å². The highest BCUT2D eigenvalue weighted by Gasteiger charge is 2.24. The SMILES string of the molecule is C=C/C(=C\C=C(/C)c1nc2ccc(C=O)cc2[nH]1)C(c1ccc(C)cc1)N1CCNCC1. The fraction of sp³-hybridized carbons (Fsp3) is 0.259. The van der Waals surface area contributed by atoms with Crippen LogP contribution in [0.3, 0.4) is 0 Å². The van der Waals surface area contributed by atoms with E-state index in [1.165, 1.54) is 11.1 Å². The molecule has 2 aromatic carbocycles. The number of H-pyrrole nitrogens is 1. The number of aromatic nitrogens is 2. The first kappa shape index (κ1) is 21.9. The molecule has 5 heteroatoms. The molecular weight excluding hydrogens is 396 g/mol. The number of benzene rings is 2. The normalized spacial score (nSPS) is 16.8. The van der Waals surface area contributed by atoms with Crippen LogP contribution in [-0.4, -0.2) is 47.3 Å². The van der Waals surface area contributed by atoms with Gasteiger partial charge in [0.25, 0.3) is 0 Å². The van der Waals surface area contributed by atoms with Gasteiger partial charge >= 0.3 is 0 Å². The van der Waals surface area contributed by atoms with E-state index >= 15 is 0 Å². The van der Waals surface area contributed by atoms with Gasteiger partial charge in [-0.15, -0.1) is 0 Å². The molecule has 32 heavy (non-hydrogen) atoms. The van der Waals surface area contributed by atoms with Crippen molar-refractivity contribution in [2.24, 2.45) is 0 Å². The molecule has 1 aromatic heterocycles. The molecule has 0 bridgehead atoms. The molecule has 0 amide bonds. The van der Waals surface area contributed by atoms with Gasteiger partial charge in [-0.3, -0.25) is 9.69 Å². The summed E-state index contributed by atoms with van der Waals surface area (Å²) in [6.45, 7) is 12.3. The van der Waals surface area contributed by atoms with Crippen molar-refractivity contribution in [2.75, 3.05) is 26.2 Å². The maximum atomic E-state index is 11.1. The van der Waals surface area contributed by atoms with Gasteiger partial charge in [0.1, 0.15) is 12.1 Å². The molecule has 2 heterocycles. The summed E-state index contributed by atoms with van der Waals surface area (Å²) in [7, 11) is 0. The lowest BCUT2D eigenvalue weighted by Crippen LogP contribution is -2.45. The maximum Gasteiger partial charge on any atom is 0.150 e. The lowest BCUT2D eigenvalue weighted by molar-refractivity contribution is 0.112. The minimum Gasteiger partial charge on any atom is -0.338 e. The molecule has 2 N–H and O–H groups in total. The standard InChI is InChI=1S/C27H30N4O/c1-4-22(26(31-15-13-28-14-16-31)23-9-5-19(2)6-10-23)11-7-20(3)27-29-24-12-8-21(18-32)17-25(24)30-27/h4-12,17-18,26,28H,1,13-16H2,2-3H3,(H,29,30)/b20-7+,22-11+. The van der Waals surface area contributed by atoms with Crippen molar-refractivity contribution in [3.05, 3.63) is 95.4 Å². The topological polar surface area (TPSA) is 61.0 Å². The zero-order valence-corrected chi connectivity index (χ0v) is 18.8. The Morgan fingerprint density at radius 3 is 2.56 bits per heavy atom. The zero-order chi connectivity index (χ0) is 22.5. The van der Waals surface area contributed by atoms with E-state index in [4.69, 9.17) is 0 Å². The second kappa shape index (κ2) is 9.90. The highest BCUT2D eigenvalue weighted by Crippen LogP contribution is 2.30. The Hall–Kier alpha value is -3.28. The maximum absolute atomic E-state index is 11.1. The number of hydrogen-bond donors (Lipinski definition) is 2. The molecule has 0 radical (unpaired) electrons. The summed E-state index contributed by atoms with van der Waals surface area (Å²) in [5, 5.41) is 3.45. The summed E-state index contributed by atoms with van der Waals surface area (Å²) < 4.78 is 0. The van der Waals surface area contributed by atoms with Crippen LogP contribution >= 0.6 is 0 Å². The third-order valence-electron chi connectivity index (χ3n) is 6.00. The van der Waals surface area contributed by atoms with Crippen molar-refractivity contribution < 1.29 is 4.79 Å². The molecule has 164 valence electrons. The number of imidazole rings is 1. The van der Waals surface area contributed by atoms with E-state index < -0.39 is 0 Å². The average molecular weight is 427 g/mol. The lowest BCUT2D eigenvalue weighted by atomic mass is 9.94. The Bertz CT molecular complexity index is 1160. The zero-order valence-electron chi connectivity index (χ0n) is 18.8. The average Bonchev–Trinajstić information content (AvgIpc) is 3.26. The first-order chi connectivity index (χ1) is 15.6. The third-order valence-corrected chi connectivity index (χ3v) is 6.00. The molecule has 5 nitrogen and oxygen atoms in total. The number of allylic oxidation sites excluding steroid dienone is 3. The molecule has 4 rings (SSSR count). The van der Waals surface area contributed by atoms with Crippen LogP contribution in [0.15, 0.2) is 72.8 Å². The number of aryl methyl sites for hydroxylation is 1. The number of piperazine rings is 1. The Labute approximate surface area is 189 Å². The molecule has 1 aliphatic heterocycles. The molecule has 1 atom stereocenters. The molecule has 1 aliphatic rings. The smallest absolute Gasteiger partial charge is 0.150 e. The summed E-state index contributed by atoms with van der Waals surface area (Å²) >= 11 is 0. The van der Waals surface area contributed by atoms with E-state index in [1.54, 1.807) is 6.07 Å². The fourth-order valence-electron chi connectivity index (χ4n) is 4.16. The van der Waals surface area contributed by atoms with E-state index in [9.17, 15) is 4.79 Å². The number of aromatic amines is 1. The largest absolute Gasteiger partial charge is 0.338 e. The second-order valence-electron chi connectivity index (χ2n) is 8.30. The minimum atomic E-state index is 0.157. The number of hydrogen-bond acceptors (Lipinski definition) is 4. The van der Waals surface area contributed by atoms with E-state index in [-0.39, 0.29) is 6.04 Å². The Morgan fingerprint density at radius 1 is 1.12 bits per heavy atom. The first-order valence-electron chi connectivity index (χ1n) is 11.1.